The molecule has 1 rings (SSSR count). The van der Waals surface area contributed by atoms with E-state index in [-0.39, 0.29) is 5.75 Å². The lowest BCUT2D eigenvalue weighted by Gasteiger charge is -2.09. The summed E-state index contributed by atoms with van der Waals surface area (Å²) >= 11 is 0. The van der Waals surface area contributed by atoms with Crippen LogP contribution >= 0.6 is 0 Å². The van der Waals surface area contributed by atoms with Crippen LogP contribution < -0.4 is 0 Å². The summed E-state index contributed by atoms with van der Waals surface area (Å²) in [6, 6.07) is 6.99. The van der Waals surface area contributed by atoms with E-state index < -0.39 is 9.84 Å². The van der Waals surface area contributed by atoms with Crippen molar-refractivity contribution in [1.82, 2.24) is 0 Å². The number of rotatable bonds is 6. The minimum absolute atomic E-state index is 0.112. The number of sulfone groups is 1. The molecule has 0 bridgehead atoms. The molecule has 1 aromatic carbocycles. The molecule has 0 spiro atoms. The Morgan fingerprint density at radius 2 is 1.85 bits per heavy atom. The van der Waals surface area contributed by atoms with Gasteiger partial charge in [-0.15, -0.1) is 0 Å². The normalized spacial score (nSPS) is 13.3. The van der Waals surface area contributed by atoms with Gasteiger partial charge in [-0.25, -0.2) is 8.42 Å². The molecule has 0 aromatic heterocycles. The first kappa shape index (κ1) is 16.4. The van der Waals surface area contributed by atoms with E-state index in [1.54, 1.807) is 18.2 Å². The fourth-order valence-corrected chi connectivity index (χ4v) is 3.12. The Morgan fingerprint density at radius 3 is 2.35 bits per heavy atom. The van der Waals surface area contributed by atoms with E-state index in [1.807, 2.05) is 45.1 Å². The molecule has 1 aromatic rings. The largest absolute Gasteiger partial charge is 0.224 e. The Hall–Kier alpha value is -1.61. The van der Waals surface area contributed by atoms with Gasteiger partial charge in [-0.05, 0) is 44.9 Å². The van der Waals surface area contributed by atoms with Crippen LogP contribution in [0.5, 0.6) is 0 Å². The number of benzene rings is 1. The predicted molar refractivity (Wildman–Crippen MR) is 85.6 cm³/mol. The minimum atomic E-state index is -3.23. The summed E-state index contributed by atoms with van der Waals surface area (Å²) in [4.78, 5) is 0.388. The molecule has 0 saturated carbocycles. The standard InChI is InChI=1S/C17H22O2S/c1-5-7-16(15(4)6-2)12-13-20(18,19)17-10-8-14(3)9-11-17/h5-11H,1,12-13H2,2-4H3/b15-6-,16-7-. The molecule has 0 aliphatic heterocycles. The third-order valence-electron chi connectivity index (χ3n) is 3.28. The van der Waals surface area contributed by atoms with E-state index in [0.29, 0.717) is 11.3 Å². The van der Waals surface area contributed by atoms with E-state index in [9.17, 15) is 8.42 Å². The van der Waals surface area contributed by atoms with Crippen LogP contribution in [-0.4, -0.2) is 14.2 Å². The van der Waals surface area contributed by atoms with Crippen LogP contribution in [0.15, 0.2) is 65.1 Å². The molecule has 0 saturated heterocycles. The second-order valence-electron chi connectivity index (χ2n) is 4.78. The molecule has 108 valence electrons. The van der Waals surface area contributed by atoms with E-state index in [0.717, 1.165) is 16.7 Å². The smallest absolute Gasteiger partial charge is 0.178 e. The van der Waals surface area contributed by atoms with Gasteiger partial charge in [0.2, 0.25) is 0 Å². The molecule has 2 nitrogen and oxygen atoms in total. The minimum Gasteiger partial charge on any atom is -0.224 e. The Morgan fingerprint density at radius 1 is 1.25 bits per heavy atom. The molecule has 0 fully saturated rings. The fraction of sp³-hybridized carbons (Fsp3) is 0.294. The van der Waals surface area contributed by atoms with E-state index in [4.69, 9.17) is 0 Å². The molecule has 0 unspecified atom stereocenters. The SMILES string of the molecule is C=C/C=C(CCS(=O)(=O)c1ccc(C)cc1)\C(C)=C/C. The number of hydrogen-bond donors (Lipinski definition) is 0. The highest BCUT2D eigenvalue weighted by molar-refractivity contribution is 7.91. The topological polar surface area (TPSA) is 34.1 Å². The predicted octanol–water partition coefficient (Wildman–Crippen LogP) is 4.24. The second kappa shape index (κ2) is 7.25. The molecule has 0 atom stereocenters. The van der Waals surface area contributed by atoms with Crippen molar-refractivity contribution in [2.24, 2.45) is 0 Å². The maximum Gasteiger partial charge on any atom is 0.178 e. The van der Waals surface area contributed by atoms with Gasteiger partial charge in [0.25, 0.3) is 0 Å². The first-order valence-electron chi connectivity index (χ1n) is 6.65. The van der Waals surface area contributed by atoms with Crippen molar-refractivity contribution in [2.75, 3.05) is 5.75 Å². The van der Waals surface area contributed by atoms with Gasteiger partial charge in [0.15, 0.2) is 9.84 Å². The molecule has 20 heavy (non-hydrogen) atoms. The van der Waals surface area contributed by atoms with Crippen molar-refractivity contribution in [3.8, 4) is 0 Å². The van der Waals surface area contributed by atoms with Crippen LogP contribution in [0.1, 0.15) is 25.8 Å². The van der Waals surface area contributed by atoms with E-state index in [2.05, 4.69) is 6.58 Å². The van der Waals surface area contributed by atoms with Crippen LogP contribution in [0, 0.1) is 6.92 Å². The lowest BCUT2D eigenvalue weighted by molar-refractivity contribution is 0.595. The summed E-state index contributed by atoms with van der Waals surface area (Å²) in [6.45, 7) is 9.54. The van der Waals surface area contributed by atoms with Crippen LogP contribution in [0.4, 0.5) is 0 Å². The molecule has 0 heterocycles. The zero-order valence-electron chi connectivity index (χ0n) is 12.4. The number of allylic oxidation sites excluding steroid dienone is 5. The molecule has 0 amide bonds. The highest BCUT2D eigenvalue weighted by Crippen LogP contribution is 2.19. The summed E-state index contributed by atoms with van der Waals surface area (Å²) in [6.07, 6.45) is 6.05. The Kier molecular flexibility index (Phi) is 5.96. The Labute approximate surface area is 122 Å². The summed E-state index contributed by atoms with van der Waals surface area (Å²) in [5, 5.41) is 0. The zero-order valence-corrected chi connectivity index (χ0v) is 13.2. The first-order chi connectivity index (χ1) is 9.40. The number of hydrogen-bond acceptors (Lipinski definition) is 2. The molecule has 0 aliphatic rings. The van der Waals surface area contributed by atoms with Gasteiger partial charge in [-0.1, -0.05) is 48.1 Å². The Bertz CT molecular complexity index is 617. The van der Waals surface area contributed by atoms with Crippen LogP contribution in [-0.2, 0) is 9.84 Å². The quantitative estimate of drug-likeness (QED) is 0.734. The molecular formula is C17H22O2S. The van der Waals surface area contributed by atoms with Crippen molar-refractivity contribution in [3.63, 3.8) is 0 Å². The first-order valence-corrected chi connectivity index (χ1v) is 8.30. The maximum absolute atomic E-state index is 12.3. The van der Waals surface area contributed by atoms with Crippen molar-refractivity contribution in [3.05, 3.63) is 65.8 Å². The van der Waals surface area contributed by atoms with Gasteiger partial charge in [0.05, 0.1) is 10.6 Å². The van der Waals surface area contributed by atoms with Crippen molar-refractivity contribution < 1.29 is 8.42 Å². The maximum atomic E-state index is 12.3. The van der Waals surface area contributed by atoms with Gasteiger partial charge < -0.3 is 0 Å². The second-order valence-corrected chi connectivity index (χ2v) is 6.89. The van der Waals surface area contributed by atoms with Gasteiger partial charge in [0, 0.05) is 0 Å². The van der Waals surface area contributed by atoms with Crippen molar-refractivity contribution in [1.29, 1.82) is 0 Å². The zero-order chi connectivity index (χ0) is 15.2. The van der Waals surface area contributed by atoms with Crippen molar-refractivity contribution >= 4 is 9.84 Å². The summed E-state index contributed by atoms with van der Waals surface area (Å²) < 4.78 is 24.6. The summed E-state index contributed by atoms with van der Waals surface area (Å²) in [7, 11) is -3.23. The molecule has 0 N–H and O–H groups in total. The molecule has 0 radical (unpaired) electrons. The third kappa shape index (κ3) is 4.49. The highest BCUT2D eigenvalue weighted by Gasteiger charge is 2.15. The Balaban J connectivity index is 2.89. The lowest BCUT2D eigenvalue weighted by Crippen LogP contribution is -2.08. The highest BCUT2D eigenvalue weighted by atomic mass is 32.2. The van der Waals surface area contributed by atoms with Crippen LogP contribution in [0.25, 0.3) is 0 Å². The van der Waals surface area contributed by atoms with Gasteiger partial charge in [0.1, 0.15) is 0 Å². The average Bonchev–Trinajstić information content (AvgIpc) is 2.43. The average molecular weight is 290 g/mol. The third-order valence-corrected chi connectivity index (χ3v) is 5.01. The summed E-state index contributed by atoms with van der Waals surface area (Å²) in [5.74, 6) is 0.112. The fourth-order valence-electron chi connectivity index (χ4n) is 1.85. The van der Waals surface area contributed by atoms with Crippen LogP contribution in [0.2, 0.25) is 0 Å². The summed E-state index contributed by atoms with van der Waals surface area (Å²) in [5.41, 5.74) is 3.16. The van der Waals surface area contributed by atoms with Gasteiger partial charge in [-0.2, -0.15) is 0 Å². The lowest BCUT2D eigenvalue weighted by atomic mass is 10.1. The molecular weight excluding hydrogens is 268 g/mol. The van der Waals surface area contributed by atoms with Crippen molar-refractivity contribution in [2.45, 2.75) is 32.1 Å². The monoisotopic (exact) mass is 290 g/mol. The molecule has 0 aliphatic carbocycles. The van der Waals surface area contributed by atoms with E-state index in [1.165, 1.54) is 0 Å². The number of aryl methyl sites for hydroxylation is 1. The van der Waals surface area contributed by atoms with Gasteiger partial charge in [-0.3, -0.25) is 0 Å². The van der Waals surface area contributed by atoms with Crippen LogP contribution in [0.3, 0.4) is 0 Å². The van der Waals surface area contributed by atoms with Gasteiger partial charge >= 0.3 is 0 Å². The van der Waals surface area contributed by atoms with E-state index >= 15 is 0 Å². The molecule has 3 heteroatoms.